The Labute approximate surface area is 189 Å². The van der Waals surface area contributed by atoms with Crippen LogP contribution in [0, 0.1) is 12.7 Å². The minimum absolute atomic E-state index is 0.101. The van der Waals surface area contributed by atoms with Crippen LogP contribution in [0.1, 0.15) is 47.8 Å². The van der Waals surface area contributed by atoms with Gasteiger partial charge in [0.25, 0.3) is 5.91 Å². The van der Waals surface area contributed by atoms with E-state index in [-0.39, 0.29) is 35.6 Å². The number of alkyl halides is 1. The van der Waals surface area contributed by atoms with Crippen LogP contribution in [-0.2, 0) is 15.4 Å². The lowest BCUT2D eigenvalue weighted by atomic mass is 9.82. The standard InChI is InChI=1S/C21H21ClF2N4O3S/c1-11-8-12(22)10-26-16(11)17(29)27-13-4-5-15(23)14(9-13)20(2)18(24)32(30,31)21(6-3-7-21)19(25)28-20/h4-5,8-10,18H,3,6-7H2,1-2H3,(H2,25,28)(H,27,29). The fourth-order valence-corrected chi connectivity index (χ4v) is 6.82. The lowest BCUT2D eigenvalue weighted by Gasteiger charge is -2.48. The Bertz CT molecular complexity index is 1260. The molecule has 2 aliphatic rings. The molecule has 11 heteroatoms. The van der Waals surface area contributed by atoms with E-state index in [0.717, 1.165) is 12.1 Å². The van der Waals surface area contributed by atoms with E-state index in [2.05, 4.69) is 15.3 Å². The van der Waals surface area contributed by atoms with Gasteiger partial charge >= 0.3 is 0 Å². The van der Waals surface area contributed by atoms with E-state index >= 15 is 4.39 Å². The highest BCUT2D eigenvalue weighted by molar-refractivity contribution is 7.94. The second-order valence-electron chi connectivity index (χ2n) is 8.32. The van der Waals surface area contributed by atoms with Gasteiger partial charge in [-0.15, -0.1) is 0 Å². The Balaban J connectivity index is 1.74. The summed E-state index contributed by atoms with van der Waals surface area (Å²) in [5.41, 5.74) is 1.80. The average molecular weight is 483 g/mol. The monoisotopic (exact) mass is 482 g/mol. The molecule has 1 spiro atoms. The molecule has 1 amide bonds. The van der Waals surface area contributed by atoms with Gasteiger partial charge in [0.05, 0.1) is 5.02 Å². The number of nitrogens with zero attached hydrogens (tertiary/aromatic N) is 2. The number of nitrogens with one attached hydrogen (secondary N) is 1. The van der Waals surface area contributed by atoms with Gasteiger partial charge < -0.3 is 11.1 Å². The third-order valence-electron chi connectivity index (χ3n) is 6.27. The topological polar surface area (TPSA) is 115 Å². The second-order valence-corrected chi connectivity index (χ2v) is 11.0. The number of sulfone groups is 1. The van der Waals surface area contributed by atoms with Crippen molar-refractivity contribution in [2.45, 2.75) is 48.9 Å². The highest BCUT2D eigenvalue weighted by Crippen LogP contribution is 2.51. The number of nitrogens with two attached hydrogens (primary N) is 1. The summed E-state index contributed by atoms with van der Waals surface area (Å²) in [5, 5.41) is 2.93. The average Bonchev–Trinajstić information content (AvgIpc) is 2.66. The zero-order valence-corrected chi connectivity index (χ0v) is 18.9. The Hall–Kier alpha value is -2.59. The van der Waals surface area contributed by atoms with Crippen LogP contribution in [0.5, 0.6) is 0 Å². The summed E-state index contributed by atoms with van der Waals surface area (Å²) in [6, 6.07) is 5.01. The number of aromatic nitrogens is 1. The maximum Gasteiger partial charge on any atom is 0.274 e. The molecule has 170 valence electrons. The number of pyridine rings is 1. The maximum absolute atomic E-state index is 15.5. The number of anilines is 1. The van der Waals surface area contributed by atoms with Crippen LogP contribution >= 0.6 is 11.6 Å². The number of carbonyl (C=O) groups is 1. The Morgan fingerprint density at radius 2 is 2.00 bits per heavy atom. The number of amides is 1. The van der Waals surface area contributed by atoms with Crippen molar-refractivity contribution in [1.29, 1.82) is 0 Å². The number of benzene rings is 1. The van der Waals surface area contributed by atoms with Crippen molar-refractivity contribution in [3.63, 3.8) is 0 Å². The van der Waals surface area contributed by atoms with Gasteiger partial charge in [-0.2, -0.15) is 0 Å². The molecule has 1 aromatic heterocycles. The summed E-state index contributed by atoms with van der Waals surface area (Å²) in [6.45, 7) is 2.84. The zero-order chi connectivity index (χ0) is 23.5. The first kappa shape index (κ1) is 22.6. The summed E-state index contributed by atoms with van der Waals surface area (Å²) in [6.07, 6.45) is 2.28. The molecule has 7 nitrogen and oxygen atoms in total. The Kier molecular flexibility index (Phi) is 5.28. The van der Waals surface area contributed by atoms with Gasteiger partial charge in [0.2, 0.25) is 5.50 Å². The number of halogens is 3. The summed E-state index contributed by atoms with van der Waals surface area (Å²) in [4.78, 5) is 20.8. The number of hydrogen-bond acceptors (Lipinski definition) is 6. The summed E-state index contributed by atoms with van der Waals surface area (Å²) >= 11 is 5.86. The molecule has 1 aliphatic carbocycles. The van der Waals surface area contributed by atoms with Crippen LogP contribution < -0.4 is 11.1 Å². The quantitative estimate of drug-likeness (QED) is 0.693. The molecule has 0 radical (unpaired) electrons. The number of aliphatic imine (C=N–C) groups is 1. The number of amidine groups is 1. The van der Waals surface area contributed by atoms with Crippen LogP contribution in [0.15, 0.2) is 35.5 Å². The summed E-state index contributed by atoms with van der Waals surface area (Å²) in [7, 11) is -4.37. The third-order valence-corrected chi connectivity index (χ3v) is 9.19. The van der Waals surface area contributed by atoms with E-state index in [1.165, 1.54) is 19.2 Å². The highest BCUT2D eigenvalue weighted by Gasteiger charge is 2.64. The molecular weight excluding hydrogens is 462 g/mol. The zero-order valence-electron chi connectivity index (χ0n) is 17.3. The number of carbonyl (C=O) groups excluding carboxylic acids is 1. The number of hydrogen-bond donors (Lipinski definition) is 2. The molecule has 0 saturated heterocycles. The van der Waals surface area contributed by atoms with Gasteiger partial charge in [-0.05, 0) is 62.9 Å². The van der Waals surface area contributed by atoms with E-state index in [1.807, 2.05) is 0 Å². The lowest BCUT2D eigenvalue weighted by Crippen LogP contribution is -2.64. The smallest absolute Gasteiger partial charge is 0.274 e. The van der Waals surface area contributed by atoms with E-state index in [1.54, 1.807) is 13.0 Å². The lowest BCUT2D eigenvalue weighted by molar-refractivity contribution is 0.102. The van der Waals surface area contributed by atoms with Gasteiger partial charge in [-0.25, -0.2) is 22.2 Å². The largest absolute Gasteiger partial charge is 0.386 e. The first-order valence-electron chi connectivity index (χ1n) is 9.89. The number of aryl methyl sites for hydroxylation is 1. The maximum atomic E-state index is 15.5. The molecule has 1 saturated carbocycles. The van der Waals surface area contributed by atoms with Crippen molar-refractivity contribution in [3.05, 3.63) is 58.1 Å². The van der Waals surface area contributed by atoms with Crippen LogP contribution in [0.3, 0.4) is 0 Å². The van der Waals surface area contributed by atoms with Gasteiger partial charge in [0.15, 0.2) is 9.84 Å². The van der Waals surface area contributed by atoms with Crippen molar-refractivity contribution < 1.29 is 22.0 Å². The van der Waals surface area contributed by atoms with Crippen molar-refractivity contribution in [3.8, 4) is 0 Å². The fourth-order valence-electron chi connectivity index (χ4n) is 4.23. The fraction of sp³-hybridized carbons (Fsp3) is 0.381. The molecule has 2 aromatic rings. The van der Waals surface area contributed by atoms with Crippen LogP contribution in [0.25, 0.3) is 0 Å². The van der Waals surface area contributed by atoms with E-state index in [4.69, 9.17) is 17.3 Å². The van der Waals surface area contributed by atoms with Gasteiger partial charge in [0.1, 0.15) is 27.6 Å². The minimum Gasteiger partial charge on any atom is -0.386 e. The molecule has 1 aliphatic heterocycles. The first-order valence-corrected chi connectivity index (χ1v) is 11.8. The molecule has 3 N–H and O–H groups in total. The predicted molar refractivity (Wildman–Crippen MR) is 118 cm³/mol. The summed E-state index contributed by atoms with van der Waals surface area (Å²) < 4.78 is 54.8. The van der Waals surface area contributed by atoms with Crippen molar-refractivity contribution in [1.82, 2.24) is 4.98 Å². The van der Waals surface area contributed by atoms with E-state index < -0.39 is 37.4 Å². The highest BCUT2D eigenvalue weighted by atomic mass is 35.5. The van der Waals surface area contributed by atoms with E-state index in [9.17, 15) is 17.6 Å². The molecule has 32 heavy (non-hydrogen) atoms. The van der Waals surface area contributed by atoms with Gasteiger partial charge in [-0.3, -0.25) is 9.79 Å². The molecule has 2 heterocycles. The Morgan fingerprint density at radius 3 is 2.59 bits per heavy atom. The van der Waals surface area contributed by atoms with Gasteiger partial charge in [0, 0.05) is 17.4 Å². The van der Waals surface area contributed by atoms with Crippen LogP contribution in [0.2, 0.25) is 5.02 Å². The molecule has 2 unspecified atom stereocenters. The SMILES string of the molecule is Cc1cc(Cl)cnc1C(=O)Nc1ccc(F)c(C2(C)N=C(N)C3(CCC3)S(=O)(=O)C2F)c1. The van der Waals surface area contributed by atoms with Crippen molar-refractivity contribution >= 4 is 38.9 Å². The number of rotatable bonds is 3. The predicted octanol–water partition coefficient (Wildman–Crippen LogP) is 3.65. The normalized spacial score (nSPS) is 25.7. The van der Waals surface area contributed by atoms with Crippen LogP contribution in [0.4, 0.5) is 14.5 Å². The van der Waals surface area contributed by atoms with Crippen LogP contribution in [-0.4, -0.2) is 35.4 Å². The van der Waals surface area contributed by atoms with Crippen molar-refractivity contribution in [2.24, 2.45) is 10.7 Å². The molecular formula is C21H21ClF2N4O3S. The Morgan fingerprint density at radius 1 is 1.31 bits per heavy atom. The van der Waals surface area contributed by atoms with Crippen molar-refractivity contribution in [2.75, 3.05) is 5.32 Å². The molecule has 1 aromatic carbocycles. The molecule has 1 fully saturated rings. The first-order chi connectivity index (χ1) is 14.9. The molecule has 4 rings (SSSR count). The van der Waals surface area contributed by atoms with E-state index in [0.29, 0.717) is 17.0 Å². The summed E-state index contributed by atoms with van der Waals surface area (Å²) in [5.74, 6) is -1.67. The molecule has 2 atom stereocenters. The van der Waals surface area contributed by atoms with Gasteiger partial charge in [-0.1, -0.05) is 11.6 Å². The third kappa shape index (κ3) is 3.19. The second kappa shape index (κ2) is 7.48. The minimum atomic E-state index is -4.37. The molecule has 0 bridgehead atoms.